The molecule has 0 bridgehead atoms. The van der Waals surface area contributed by atoms with Gasteiger partial charge in [0.05, 0.1) is 0 Å². The fourth-order valence-corrected chi connectivity index (χ4v) is 3.74. The van der Waals surface area contributed by atoms with Gasteiger partial charge in [-0.1, -0.05) is 37.1 Å². The van der Waals surface area contributed by atoms with Gasteiger partial charge in [0.2, 0.25) is 0 Å². The van der Waals surface area contributed by atoms with Crippen molar-refractivity contribution in [2.75, 3.05) is 13.6 Å². The molecule has 0 heterocycles. The zero-order valence-electron chi connectivity index (χ0n) is 13.1. The number of hydrogen-bond donors (Lipinski definition) is 2. The molecule has 3 heteroatoms. The number of guanidine groups is 1. The van der Waals surface area contributed by atoms with Crippen molar-refractivity contribution in [3.63, 3.8) is 0 Å². The van der Waals surface area contributed by atoms with Gasteiger partial charge in [-0.2, -0.15) is 0 Å². The third-order valence-corrected chi connectivity index (χ3v) is 4.93. The van der Waals surface area contributed by atoms with Gasteiger partial charge < -0.3 is 10.6 Å². The molecule has 1 aromatic carbocycles. The zero-order chi connectivity index (χ0) is 14.5. The Labute approximate surface area is 128 Å². The summed E-state index contributed by atoms with van der Waals surface area (Å²) in [6.07, 6.45) is 9.10. The lowest BCUT2D eigenvalue weighted by molar-refractivity contribution is 0.533. The third-order valence-electron chi connectivity index (χ3n) is 4.93. The van der Waals surface area contributed by atoms with Crippen molar-refractivity contribution < 1.29 is 0 Å². The van der Waals surface area contributed by atoms with Crippen LogP contribution in [0.2, 0.25) is 0 Å². The number of hydrogen-bond acceptors (Lipinski definition) is 1. The van der Waals surface area contributed by atoms with E-state index in [1.165, 1.54) is 56.1 Å². The average molecular weight is 285 g/mol. The highest BCUT2D eigenvalue weighted by Gasteiger charge is 2.21. The van der Waals surface area contributed by atoms with Crippen molar-refractivity contribution in [2.24, 2.45) is 4.99 Å². The molecule has 0 amide bonds. The van der Waals surface area contributed by atoms with Crippen LogP contribution in [-0.4, -0.2) is 25.6 Å². The molecule has 114 valence electrons. The summed E-state index contributed by atoms with van der Waals surface area (Å²) >= 11 is 0. The van der Waals surface area contributed by atoms with Gasteiger partial charge in [-0.3, -0.25) is 4.99 Å². The number of rotatable bonds is 3. The first-order valence-corrected chi connectivity index (χ1v) is 8.42. The molecule has 2 aliphatic carbocycles. The molecule has 0 saturated heterocycles. The first kappa shape index (κ1) is 14.4. The highest BCUT2D eigenvalue weighted by Crippen LogP contribution is 2.30. The van der Waals surface area contributed by atoms with Crippen LogP contribution in [0.1, 0.15) is 55.6 Å². The lowest BCUT2D eigenvalue weighted by Gasteiger charge is -2.27. The van der Waals surface area contributed by atoms with Gasteiger partial charge in [-0.25, -0.2) is 0 Å². The number of nitrogens with zero attached hydrogens (tertiary/aromatic N) is 1. The molecule has 0 aliphatic heterocycles. The van der Waals surface area contributed by atoms with E-state index in [-0.39, 0.29) is 0 Å². The van der Waals surface area contributed by atoms with Crippen LogP contribution >= 0.6 is 0 Å². The van der Waals surface area contributed by atoms with Crippen LogP contribution in [0.15, 0.2) is 29.3 Å². The summed E-state index contributed by atoms with van der Waals surface area (Å²) in [6, 6.07) is 9.54. The average Bonchev–Trinajstić information content (AvgIpc) is 3.04. The fourth-order valence-electron chi connectivity index (χ4n) is 3.74. The molecule has 1 fully saturated rings. The van der Waals surface area contributed by atoms with E-state index >= 15 is 0 Å². The van der Waals surface area contributed by atoms with Crippen molar-refractivity contribution in [3.8, 4) is 0 Å². The van der Waals surface area contributed by atoms with Gasteiger partial charge in [0.1, 0.15) is 0 Å². The number of nitrogens with one attached hydrogen (secondary N) is 2. The van der Waals surface area contributed by atoms with Crippen molar-refractivity contribution in [3.05, 3.63) is 35.4 Å². The summed E-state index contributed by atoms with van der Waals surface area (Å²) in [5.41, 5.74) is 3.07. The summed E-state index contributed by atoms with van der Waals surface area (Å²) in [7, 11) is 1.87. The fraction of sp³-hybridized carbons (Fsp3) is 0.611. The Morgan fingerprint density at radius 1 is 1.14 bits per heavy atom. The molecule has 1 unspecified atom stereocenters. The Balaban J connectivity index is 1.57. The molecule has 3 nitrogen and oxygen atoms in total. The van der Waals surface area contributed by atoms with E-state index in [9.17, 15) is 0 Å². The maximum atomic E-state index is 4.39. The molecule has 3 rings (SSSR count). The summed E-state index contributed by atoms with van der Waals surface area (Å²) in [5.74, 6) is 1.60. The van der Waals surface area contributed by atoms with Crippen LogP contribution in [0.3, 0.4) is 0 Å². The predicted molar refractivity (Wildman–Crippen MR) is 88.9 cm³/mol. The molecule has 1 saturated carbocycles. The molecule has 2 N–H and O–H groups in total. The number of fused-ring (bicyclic) bond motifs is 1. The van der Waals surface area contributed by atoms with E-state index in [0.29, 0.717) is 12.0 Å². The molecule has 1 atom stereocenters. The van der Waals surface area contributed by atoms with Gasteiger partial charge in [0.25, 0.3) is 0 Å². The van der Waals surface area contributed by atoms with Gasteiger partial charge in [0.15, 0.2) is 5.96 Å². The van der Waals surface area contributed by atoms with Crippen LogP contribution in [0.5, 0.6) is 0 Å². The number of aryl methyl sites for hydroxylation is 1. The van der Waals surface area contributed by atoms with Crippen LogP contribution in [0, 0.1) is 0 Å². The van der Waals surface area contributed by atoms with Gasteiger partial charge in [-0.05, 0) is 43.2 Å². The third kappa shape index (κ3) is 3.58. The van der Waals surface area contributed by atoms with E-state index in [1.807, 2.05) is 7.05 Å². The highest BCUT2D eigenvalue weighted by atomic mass is 15.2. The van der Waals surface area contributed by atoms with Crippen molar-refractivity contribution in [2.45, 2.75) is 56.9 Å². The summed E-state index contributed by atoms with van der Waals surface area (Å²) < 4.78 is 0. The first-order chi connectivity index (χ1) is 10.4. The van der Waals surface area contributed by atoms with Crippen molar-refractivity contribution in [1.82, 2.24) is 10.6 Å². The highest BCUT2D eigenvalue weighted by molar-refractivity contribution is 5.80. The van der Waals surface area contributed by atoms with Gasteiger partial charge in [-0.15, -0.1) is 0 Å². The Hall–Kier alpha value is -1.51. The summed E-state index contributed by atoms with van der Waals surface area (Å²) in [5, 5.41) is 7.11. The predicted octanol–water partition coefficient (Wildman–Crippen LogP) is 3.21. The molecule has 0 aromatic heterocycles. The molecular weight excluding hydrogens is 258 g/mol. The second-order valence-corrected chi connectivity index (χ2v) is 6.37. The summed E-state index contributed by atoms with van der Waals surface area (Å²) in [4.78, 5) is 4.39. The molecule has 2 aliphatic rings. The molecule has 21 heavy (non-hydrogen) atoms. The maximum absolute atomic E-state index is 4.39. The molecule has 1 aromatic rings. The van der Waals surface area contributed by atoms with E-state index in [0.717, 1.165) is 12.5 Å². The minimum Gasteiger partial charge on any atom is -0.356 e. The van der Waals surface area contributed by atoms with E-state index in [1.54, 1.807) is 0 Å². The largest absolute Gasteiger partial charge is 0.356 e. The molecule has 0 spiro atoms. The standard InChI is InChI=1S/C18H27N3/c1-19-18(21-16-10-3-4-11-16)20-13-15-9-6-8-14-7-2-5-12-17(14)15/h2,5,7,12,15-16H,3-4,6,8-11,13H2,1H3,(H2,19,20,21). The summed E-state index contributed by atoms with van der Waals surface area (Å²) in [6.45, 7) is 0.989. The monoisotopic (exact) mass is 285 g/mol. The minimum absolute atomic E-state index is 0.620. The lowest BCUT2D eigenvalue weighted by Crippen LogP contribution is -2.43. The Morgan fingerprint density at radius 2 is 1.95 bits per heavy atom. The smallest absolute Gasteiger partial charge is 0.191 e. The quantitative estimate of drug-likeness (QED) is 0.661. The van der Waals surface area contributed by atoms with Gasteiger partial charge in [0, 0.05) is 25.6 Å². The first-order valence-electron chi connectivity index (χ1n) is 8.42. The normalized spacial score (nSPS) is 22.9. The Kier molecular flexibility index (Phi) is 4.79. The van der Waals surface area contributed by atoms with Crippen LogP contribution in [0.4, 0.5) is 0 Å². The Bertz CT molecular complexity index is 489. The SMILES string of the molecule is CN=C(NCC1CCCc2ccccc21)NC1CCCC1. The van der Waals surface area contributed by atoms with Crippen molar-refractivity contribution >= 4 is 5.96 Å². The van der Waals surface area contributed by atoms with E-state index in [2.05, 4.69) is 39.9 Å². The van der Waals surface area contributed by atoms with Crippen LogP contribution in [0.25, 0.3) is 0 Å². The lowest BCUT2D eigenvalue weighted by atomic mass is 9.83. The van der Waals surface area contributed by atoms with E-state index in [4.69, 9.17) is 0 Å². The minimum atomic E-state index is 0.620. The number of aliphatic imine (C=N–C) groups is 1. The Morgan fingerprint density at radius 3 is 2.76 bits per heavy atom. The van der Waals surface area contributed by atoms with Crippen molar-refractivity contribution in [1.29, 1.82) is 0 Å². The van der Waals surface area contributed by atoms with E-state index < -0.39 is 0 Å². The van der Waals surface area contributed by atoms with Crippen LogP contribution < -0.4 is 10.6 Å². The maximum Gasteiger partial charge on any atom is 0.191 e. The number of benzene rings is 1. The molecular formula is C18H27N3. The van der Waals surface area contributed by atoms with Gasteiger partial charge >= 0.3 is 0 Å². The second kappa shape index (κ2) is 6.97. The second-order valence-electron chi connectivity index (χ2n) is 6.37. The topological polar surface area (TPSA) is 36.4 Å². The van der Waals surface area contributed by atoms with Crippen LogP contribution in [-0.2, 0) is 6.42 Å². The molecule has 0 radical (unpaired) electrons. The zero-order valence-corrected chi connectivity index (χ0v) is 13.1.